The number of carbonyl (C=O) groups is 1. The van der Waals surface area contributed by atoms with Crippen LogP contribution in [0.15, 0.2) is 27.1 Å². The second kappa shape index (κ2) is 7.54. The van der Waals surface area contributed by atoms with E-state index in [-0.39, 0.29) is 5.91 Å². The van der Waals surface area contributed by atoms with Gasteiger partial charge in [0, 0.05) is 20.8 Å². The van der Waals surface area contributed by atoms with Crippen LogP contribution in [0.25, 0.3) is 0 Å². The van der Waals surface area contributed by atoms with Crippen LogP contribution in [0.3, 0.4) is 0 Å². The van der Waals surface area contributed by atoms with E-state index in [0.29, 0.717) is 18.0 Å². The zero-order chi connectivity index (χ0) is 12.8. The smallest absolute Gasteiger partial charge is 0.252 e. The first kappa shape index (κ1) is 15.2. The first-order valence-electron chi connectivity index (χ1n) is 5.33. The van der Waals surface area contributed by atoms with Crippen molar-refractivity contribution < 1.29 is 4.79 Å². The van der Waals surface area contributed by atoms with E-state index in [2.05, 4.69) is 60.0 Å². The van der Waals surface area contributed by atoms with Crippen LogP contribution in [0, 0.1) is 5.92 Å². The zero-order valence-electron chi connectivity index (χ0n) is 9.47. The lowest BCUT2D eigenvalue weighted by Crippen LogP contribution is -2.28. The van der Waals surface area contributed by atoms with Gasteiger partial charge in [-0.25, -0.2) is 0 Å². The first-order chi connectivity index (χ1) is 8.04. The molecule has 0 saturated carbocycles. The lowest BCUT2D eigenvalue weighted by Gasteiger charge is -2.12. The van der Waals surface area contributed by atoms with Gasteiger partial charge in [-0.3, -0.25) is 4.79 Å². The molecule has 0 aliphatic heterocycles. The number of amides is 1. The molecular weight excluding hydrogens is 414 g/mol. The Morgan fingerprint density at radius 3 is 2.71 bits per heavy atom. The lowest BCUT2D eigenvalue weighted by atomic mass is 10.1. The molecular formula is C12H14Br3NO. The highest BCUT2D eigenvalue weighted by Gasteiger charge is 2.11. The molecule has 0 heterocycles. The van der Waals surface area contributed by atoms with Gasteiger partial charge in [0.05, 0.1) is 5.56 Å². The van der Waals surface area contributed by atoms with Crippen LogP contribution < -0.4 is 5.32 Å². The number of benzene rings is 1. The van der Waals surface area contributed by atoms with Crippen LogP contribution in [-0.4, -0.2) is 17.8 Å². The van der Waals surface area contributed by atoms with Crippen molar-refractivity contribution >= 4 is 53.7 Å². The molecule has 2 nitrogen and oxygen atoms in total. The fraction of sp³-hybridized carbons (Fsp3) is 0.417. The summed E-state index contributed by atoms with van der Waals surface area (Å²) in [4.78, 5) is 11.9. The molecule has 0 bridgehead atoms. The van der Waals surface area contributed by atoms with E-state index in [1.165, 1.54) is 0 Å². The van der Waals surface area contributed by atoms with Crippen LogP contribution in [0.1, 0.15) is 23.7 Å². The summed E-state index contributed by atoms with van der Waals surface area (Å²) in [5.41, 5.74) is 0.666. The lowest BCUT2D eigenvalue weighted by molar-refractivity contribution is 0.0947. The molecule has 1 aromatic carbocycles. The summed E-state index contributed by atoms with van der Waals surface area (Å²) in [6, 6.07) is 5.54. The van der Waals surface area contributed by atoms with Crippen LogP contribution in [0.4, 0.5) is 0 Å². The maximum absolute atomic E-state index is 11.9. The van der Waals surface area contributed by atoms with Gasteiger partial charge in [-0.15, -0.1) is 0 Å². The largest absolute Gasteiger partial charge is 0.352 e. The third kappa shape index (κ3) is 5.10. The summed E-state index contributed by atoms with van der Waals surface area (Å²) in [7, 11) is 0. The molecule has 0 aromatic heterocycles. The fourth-order valence-corrected chi connectivity index (χ4v) is 3.33. The predicted octanol–water partition coefficient (Wildman–Crippen LogP) is 4.36. The monoisotopic (exact) mass is 425 g/mol. The Labute approximate surface area is 127 Å². The number of carbonyl (C=O) groups excluding carboxylic acids is 1. The quantitative estimate of drug-likeness (QED) is 0.695. The third-order valence-electron chi connectivity index (χ3n) is 2.39. The maximum atomic E-state index is 11.9. The van der Waals surface area contributed by atoms with Crippen molar-refractivity contribution in [3.8, 4) is 0 Å². The minimum absolute atomic E-state index is 0.0363. The average molecular weight is 428 g/mol. The summed E-state index contributed by atoms with van der Waals surface area (Å²) < 4.78 is 1.76. The second-order valence-electron chi connectivity index (χ2n) is 3.92. The Hall–Kier alpha value is 0.130. The molecule has 0 aliphatic rings. The summed E-state index contributed by atoms with van der Waals surface area (Å²) in [6.07, 6.45) is 1.06. The SMILES string of the molecule is CC(CCBr)CNC(=O)c1ccc(Br)cc1Br. The van der Waals surface area contributed by atoms with Crippen molar-refractivity contribution in [1.82, 2.24) is 5.32 Å². The van der Waals surface area contributed by atoms with Crippen LogP contribution in [-0.2, 0) is 0 Å². The Morgan fingerprint density at radius 1 is 1.41 bits per heavy atom. The van der Waals surface area contributed by atoms with Gasteiger partial charge in [0.25, 0.3) is 5.91 Å². The molecule has 1 unspecified atom stereocenters. The maximum Gasteiger partial charge on any atom is 0.252 e. The normalized spacial score (nSPS) is 12.2. The van der Waals surface area contributed by atoms with E-state index in [9.17, 15) is 4.79 Å². The van der Waals surface area contributed by atoms with Crippen LogP contribution in [0.2, 0.25) is 0 Å². The molecule has 5 heteroatoms. The number of hydrogen-bond acceptors (Lipinski definition) is 1. The first-order valence-corrected chi connectivity index (χ1v) is 8.04. The van der Waals surface area contributed by atoms with Crippen LogP contribution in [0.5, 0.6) is 0 Å². The zero-order valence-corrected chi connectivity index (χ0v) is 14.2. The molecule has 1 rings (SSSR count). The van der Waals surface area contributed by atoms with Gasteiger partial charge in [0.2, 0.25) is 0 Å². The molecule has 0 fully saturated rings. The standard InChI is InChI=1S/C12H14Br3NO/c1-8(4-5-13)7-16-12(17)10-3-2-9(14)6-11(10)15/h2-3,6,8H,4-5,7H2,1H3,(H,16,17). The summed E-state index contributed by atoms with van der Waals surface area (Å²) in [6.45, 7) is 2.82. The van der Waals surface area contributed by atoms with Crippen molar-refractivity contribution in [2.24, 2.45) is 5.92 Å². The fourth-order valence-electron chi connectivity index (χ4n) is 1.32. The highest BCUT2D eigenvalue weighted by Crippen LogP contribution is 2.21. The summed E-state index contributed by atoms with van der Waals surface area (Å²) in [5.74, 6) is 0.443. The van der Waals surface area contributed by atoms with Crippen molar-refractivity contribution in [3.05, 3.63) is 32.7 Å². The summed E-state index contributed by atoms with van der Waals surface area (Å²) >= 11 is 10.1. The molecule has 17 heavy (non-hydrogen) atoms. The number of hydrogen-bond donors (Lipinski definition) is 1. The summed E-state index contributed by atoms with van der Waals surface area (Å²) in [5, 5.41) is 3.90. The highest BCUT2D eigenvalue weighted by atomic mass is 79.9. The molecule has 0 spiro atoms. The van der Waals surface area contributed by atoms with Crippen molar-refractivity contribution in [1.29, 1.82) is 0 Å². The third-order valence-corrected chi connectivity index (χ3v) is 4.00. The number of nitrogens with one attached hydrogen (secondary N) is 1. The molecule has 1 atom stereocenters. The number of alkyl halides is 1. The van der Waals surface area contributed by atoms with Crippen LogP contribution >= 0.6 is 47.8 Å². The number of rotatable bonds is 5. The Bertz CT molecular complexity index is 395. The average Bonchev–Trinajstić information content (AvgIpc) is 2.26. The van der Waals surface area contributed by atoms with E-state index in [1.807, 2.05) is 12.1 Å². The second-order valence-corrected chi connectivity index (χ2v) is 6.48. The molecule has 0 aliphatic carbocycles. The van der Waals surface area contributed by atoms with Gasteiger partial charge in [0.1, 0.15) is 0 Å². The van der Waals surface area contributed by atoms with E-state index in [4.69, 9.17) is 0 Å². The van der Waals surface area contributed by atoms with Crippen molar-refractivity contribution in [3.63, 3.8) is 0 Å². The molecule has 0 radical (unpaired) electrons. The molecule has 94 valence electrons. The van der Waals surface area contributed by atoms with Gasteiger partial charge in [-0.1, -0.05) is 38.8 Å². The minimum atomic E-state index is -0.0363. The molecule has 1 amide bonds. The van der Waals surface area contributed by atoms with Crippen molar-refractivity contribution in [2.75, 3.05) is 11.9 Å². The molecule has 1 aromatic rings. The van der Waals surface area contributed by atoms with E-state index in [0.717, 1.165) is 20.7 Å². The van der Waals surface area contributed by atoms with Gasteiger partial charge in [-0.05, 0) is 46.5 Å². The predicted molar refractivity (Wildman–Crippen MR) is 81.8 cm³/mol. The highest BCUT2D eigenvalue weighted by molar-refractivity contribution is 9.11. The minimum Gasteiger partial charge on any atom is -0.352 e. The van der Waals surface area contributed by atoms with Gasteiger partial charge in [-0.2, -0.15) is 0 Å². The van der Waals surface area contributed by atoms with Crippen molar-refractivity contribution in [2.45, 2.75) is 13.3 Å². The van der Waals surface area contributed by atoms with E-state index in [1.54, 1.807) is 6.07 Å². The topological polar surface area (TPSA) is 29.1 Å². The Kier molecular flexibility index (Phi) is 6.74. The Balaban J connectivity index is 2.58. The molecule has 0 saturated heterocycles. The van der Waals surface area contributed by atoms with Gasteiger partial charge < -0.3 is 5.32 Å². The van der Waals surface area contributed by atoms with E-state index < -0.39 is 0 Å². The number of halogens is 3. The molecule has 1 N–H and O–H groups in total. The van der Waals surface area contributed by atoms with E-state index >= 15 is 0 Å². The van der Waals surface area contributed by atoms with Gasteiger partial charge in [0.15, 0.2) is 0 Å². The Morgan fingerprint density at radius 2 is 2.12 bits per heavy atom. The van der Waals surface area contributed by atoms with Gasteiger partial charge >= 0.3 is 0 Å².